The minimum Gasteiger partial charge on any atom is -0.497 e. The van der Waals surface area contributed by atoms with Crippen LogP contribution in [0.3, 0.4) is 0 Å². The van der Waals surface area contributed by atoms with E-state index in [2.05, 4.69) is 21.9 Å². The molecule has 0 amide bonds. The van der Waals surface area contributed by atoms with Crippen LogP contribution >= 0.6 is 0 Å². The van der Waals surface area contributed by atoms with Crippen LogP contribution in [0.4, 0.5) is 20.3 Å². The van der Waals surface area contributed by atoms with Gasteiger partial charge in [-0.15, -0.1) is 0 Å². The fourth-order valence-corrected chi connectivity index (χ4v) is 2.64. The molecule has 3 rings (SSSR count). The van der Waals surface area contributed by atoms with Crippen LogP contribution in [0.25, 0.3) is 16.5 Å². The van der Waals surface area contributed by atoms with Crippen LogP contribution < -0.4 is 10.1 Å². The Bertz CT molecular complexity index is 1090. The van der Waals surface area contributed by atoms with Gasteiger partial charge in [-0.05, 0) is 31.2 Å². The van der Waals surface area contributed by atoms with E-state index in [0.29, 0.717) is 28.6 Å². The number of rotatable bonds is 6. The molecule has 0 saturated heterocycles. The van der Waals surface area contributed by atoms with Gasteiger partial charge < -0.3 is 10.1 Å². The van der Waals surface area contributed by atoms with Crippen LogP contribution in [-0.4, -0.2) is 17.1 Å². The Labute approximate surface area is 161 Å². The molecule has 4 nitrogen and oxygen atoms in total. The monoisotopic (exact) mass is 379 g/mol. The smallest absolute Gasteiger partial charge is 0.161 e. The maximum atomic E-state index is 13.6. The Balaban J connectivity index is 2.16. The van der Waals surface area contributed by atoms with Gasteiger partial charge in [0.1, 0.15) is 11.6 Å². The number of ether oxygens (including phenoxy) is 1. The molecule has 3 aromatic rings. The van der Waals surface area contributed by atoms with Crippen LogP contribution in [0.2, 0.25) is 0 Å². The number of hydrogen-bond acceptors (Lipinski definition) is 4. The molecule has 0 bridgehead atoms. The Hall–Kier alpha value is -3.54. The topological polar surface area (TPSA) is 47.0 Å². The third-order valence-electron chi connectivity index (χ3n) is 4.07. The average molecular weight is 379 g/mol. The molecule has 0 unspecified atom stereocenters. The molecule has 2 aromatic carbocycles. The van der Waals surface area contributed by atoms with E-state index in [4.69, 9.17) is 4.74 Å². The Morgan fingerprint density at radius 3 is 2.61 bits per heavy atom. The number of allylic oxidation sites excluding steroid dienone is 5. The molecule has 0 aliphatic rings. The summed E-state index contributed by atoms with van der Waals surface area (Å²) in [5.41, 5.74) is 1.82. The number of anilines is 2. The van der Waals surface area contributed by atoms with Gasteiger partial charge >= 0.3 is 0 Å². The van der Waals surface area contributed by atoms with Crippen molar-refractivity contribution in [3.05, 3.63) is 84.7 Å². The van der Waals surface area contributed by atoms with Crippen molar-refractivity contribution in [3.8, 4) is 5.75 Å². The van der Waals surface area contributed by atoms with Crippen LogP contribution in [0.15, 0.2) is 67.3 Å². The second kappa shape index (κ2) is 8.43. The van der Waals surface area contributed by atoms with Crippen molar-refractivity contribution in [1.29, 1.82) is 0 Å². The maximum absolute atomic E-state index is 13.6. The SMILES string of the molecule is C=C/C=C\C(=C/C)c1nc(Nc2ccc(F)c(F)c2)c2ccc(OC)cc2n1. The second-order valence-electron chi connectivity index (χ2n) is 5.87. The Kier molecular flexibility index (Phi) is 5.79. The van der Waals surface area contributed by atoms with Crippen LogP contribution in [0, 0.1) is 11.6 Å². The fraction of sp³-hybridized carbons (Fsp3) is 0.0909. The molecule has 0 fully saturated rings. The zero-order chi connectivity index (χ0) is 20.1. The van der Waals surface area contributed by atoms with Gasteiger partial charge in [0.2, 0.25) is 0 Å². The summed E-state index contributed by atoms with van der Waals surface area (Å²) >= 11 is 0. The van der Waals surface area contributed by atoms with Crippen molar-refractivity contribution in [1.82, 2.24) is 9.97 Å². The van der Waals surface area contributed by atoms with Gasteiger partial charge in [-0.2, -0.15) is 0 Å². The summed E-state index contributed by atoms with van der Waals surface area (Å²) in [4.78, 5) is 9.22. The van der Waals surface area contributed by atoms with Crippen molar-refractivity contribution >= 4 is 28.0 Å². The summed E-state index contributed by atoms with van der Waals surface area (Å²) in [6.07, 6.45) is 7.17. The van der Waals surface area contributed by atoms with E-state index in [1.54, 1.807) is 31.4 Å². The minimum absolute atomic E-state index is 0.379. The van der Waals surface area contributed by atoms with Gasteiger partial charge in [-0.1, -0.05) is 30.9 Å². The van der Waals surface area contributed by atoms with Gasteiger partial charge in [-0.3, -0.25) is 0 Å². The number of nitrogens with zero attached hydrogens (tertiary/aromatic N) is 2. The lowest BCUT2D eigenvalue weighted by Crippen LogP contribution is -2.02. The molecule has 0 atom stereocenters. The molecular weight excluding hydrogens is 360 g/mol. The number of fused-ring (bicyclic) bond motifs is 1. The van der Waals surface area contributed by atoms with Gasteiger partial charge in [0.05, 0.1) is 12.6 Å². The first-order chi connectivity index (χ1) is 13.5. The lowest BCUT2D eigenvalue weighted by molar-refractivity contribution is 0.415. The first-order valence-electron chi connectivity index (χ1n) is 8.59. The molecule has 0 aliphatic carbocycles. The summed E-state index contributed by atoms with van der Waals surface area (Å²) in [6, 6.07) is 8.99. The summed E-state index contributed by atoms with van der Waals surface area (Å²) in [5, 5.41) is 3.78. The van der Waals surface area contributed by atoms with Crippen LogP contribution in [0.5, 0.6) is 5.75 Å². The van der Waals surface area contributed by atoms with Crippen molar-refractivity contribution < 1.29 is 13.5 Å². The molecule has 0 saturated carbocycles. The third kappa shape index (κ3) is 4.06. The lowest BCUT2D eigenvalue weighted by atomic mass is 10.1. The number of halogens is 2. The quantitative estimate of drug-likeness (QED) is 0.550. The van der Waals surface area contributed by atoms with E-state index in [-0.39, 0.29) is 0 Å². The number of aromatic nitrogens is 2. The number of nitrogens with one attached hydrogen (secondary N) is 1. The second-order valence-corrected chi connectivity index (χ2v) is 5.87. The molecule has 1 N–H and O–H groups in total. The van der Waals surface area contributed by atoms with Gasteiger partial charge in [0.25, 0.3) is 0 Å². The maximum Gasteiger partial charge on any atom is 0.161 e. The fourth-order valence-electron chi connectivity index (χ4n) is 2.64. The van der Waals surface area contributed by atoms with Crippen LogP contribution in [-0.2, 0) is 0 Å². The minimum atomic E-state index is -0.937. The van der Waals surface area contributed by atoms with Crippen LogP contribution in [0.1, 0.15) is 12.7 Å². The third-order valence-corrected chi connectivity index (χ3v) is 4.07. The number of benzene rings is 2. The van der Waals surface area contributed by atoms with E-state index in [1.165, 1.54) is 6.07 Å². The summed E-state index contributed by atoms with van der Waals surface area (Å²) in [6.45, 7) is 5.55. The lowest BCUT2D eigenvalue weighted by Gasteiger charge is -2.12. The summed E-state index contributed by atoms with van der Waals surface area (Å²) in [5.74, 6) is -0.242. The molecule has 142 valence electrons. The van der Waals surface area contributed by atoms with E-state index in [1.807, 2.05) is 25.1 Å². The average Bonchev–Trinajstić information content (AvgIpc) is 2.71. The van der Waals surface area contributed by atoms with Crippen molar-refractivity contribution in [3.63, 3.8) is 0 Å². The first kappa shape index (κ1) is 19.2. The molecule has 0 radical (unpaired) electrons. The van der Waals surface area contributed by atoms with Gasteiger partial charge in [-0.25, -0.2) is 18.7 Å². The Morgan fingerprint density at radius 2 is 1.93 bits per heavy atom. The van der Waals surface area contributed by atoms with Gasteiger partial charge in [0, 0.05) is 28.8 Å². The van der Waals surface area contributed by atoms with Crippen molar-refractivity contribution in [2.45, 2.75) is 6.92 Å². The zero-order valence-corrected chi connectivity index (χ0v) is 15.5. The van der Waals surface area contributed by atoms with E-state index >= 15 is 0 Å². The molecule has 0 spiro atoms. The molecule has 1 aromatic heterocycles. The molecule has 0 aliphatic heterocycles. The molecular formula is C22H19F2N3O. The van der Waals surface area contributed by atoms with E-state index in [0.717, 1.165) is 23.1 Å². The molecule has 1 heterocycles. The standard InChI is InChI=1S/C22H19F2N3O/c1-4-6-7-14(5-2)21-26-20-13-16(28-3)9-10-17(20)22(27-21)25-15-8-11-18(23)19(24)12-15/h4-13H,1H2,2-3H3,(H,25,26,27)/b7-6-,14-5+. The van der Waals surface area contributed by atoms with Crippen molar-refractivity contribution in [2.75, 3.05) is 12.4 Å². The number of hydrogen-bond donors (Lipinski definition) is 1. The Morgan fingerprint density at radius 1 is 1.11 bits per heavy atom. The highest BCUT2D eigenvalue weighted by molar-refractivity contribution is 5.93. The normalized spacial score (nSPS) is 11.8. The highest BCUT2D eigenvalue weighted by Crippen LogP contribution is 2.29. The highest BCUT2D eigenvalue weighted by Gasteiger charge is 2.12. The number of methoxy groups -OCH3 is 1. The molecule has 6 heteroatoms. The van der Waals surface area contributed by atoms with E-state index < -0.39 is 11.6 Å². The van der Waals surface area contributed by atoms with Gasteiger partial charge in [0.15, 0.2) is 17.5 Å². The predicted molar refractivity (Wildman–Crippen MR) is 109 cm³/mol. The largest absolute Gasteiger partial charge is 0.497 e. The summed E-state index contributed by atoms with van der Waals surface area (Å²) < 4.78 is 32.1. The highest BCUT2D eigenvalue weighted by atomic mass is 19.2. The van der Waals surface area contributed by atoms with Crippen molar-refractivity contribution in [2.24, 2.45) is 0 Å². The zero-order valence-electron chi connectivity index (χ0n) is 15.5. The summed E-state index contributed by atoms with van der Waals surface area (Å²) in [7, 11) is 1.58. The van der Waals surface area contributed by atoms with E-state index in [9.17, 15) is 8.78 Å². The molecule has 28 heavy (non-hydrogen) atoms. The first-order valence-corrected chi connectivity index (χ1v) is 8.59. The predicted octanol–water partition coefficient (Wildman–Crippen LogP) is 5.81.